The Labute approximate surface area is 175 Å². The van der Waals surface area contributed by atoms with Crippen LogP contribution in [0.15, 0.2) is 27.8 Å². The maximum Gasteiger partial charge on any atom is 0.277 e. The Hall–Kier alpha value is -2.22. The van der Waals surface area contributed by atoms with E-state index in [1.54, 1.807) is 20.3 Å². The lowest BCUT2D eigenvalue weighted by atomic mass is 9.75. The first kappa shape index (κ1) is 20.1. The van der Waals surface area contributed by atoms with Gasteiger partial charge in [0.05, 0.1) is 20.0 Å². The number of likely N-dealkylation sites (tertiary alicyclic amines) is 1. The molecule has 2 aliphatic rings. The number of ether oxygens (including phenoxy) is 2. The van der Waals surface area contributed by atoms with Gasteiger partial charge in [0.2, 0.25) is 11.8 Å². The molecule has 1 aromatic carbocycles. The summed E-state index contributed by atoms with van der Waals surface area (Å²) in [5.74, 6) is 3.65. The van der Waals surface area contributed by atoms with Crippen LogP contribution in [-0.4, -0.2) is 54.1 Å². The summed E-state index contributed by atoms with van der Waals surface area (Å²) in [6.45, 7) is 1.78. The van der Waals surface area contributed by atoms with Crippen molar-refractivity contribution in [2.45, 2.75) is 37.3 Å². The van der Waals surface area contributed by atoms with E-state index in [1.807, 2.05) is 17.0 Å². The summed E-state index contributed by atoms with van der Waals surface area (Å²) < 4.78 is 16.3. The molecule has 0 N–H and O–H groups in total. The summed E-state index contributed by atoms with van der Waals surface area (Å²) in [7, 11) is 3.19. The minimum atomic E-state index is 0.154. The lowest BCUT2D eigenvalue weighted by Gasteiger charge is -2.41. The molecule has 1 aromatic heterocycles. The van der Waals surface area contributed by atoms with Gasteiger partial charge in [-0.3, -0.25) is 4.79 Å². The number of thioether (sulfide) groups is 1. The van der Waals surface area contributed by atoms with Crippen molar-refractivity contribution in [3.8, 4) is 23.0 Å². The van der Waals surface area contributed by atoms with Gasteiger partial charge in [0.15, 0.2) is 0 Å². The van der Waals surface area contributed by atoms with E-state index in [4.69, 9.17) is 13.9 Å². The number of hydrogen-bond acceptors (Lipinski definition) is 7. The number of aromatic nitrogens is 2. The van der Waals surface area contributed by atoms with Crippen molar-refractivity contribution in [3.63, 3.8) is 0 Å². The van der Waals surface area contributed by atoms with Gasteiger partial charge in [-0.2, -0.15) is 0 Å². The molecule has 2 atom stereocenters. The molecule has 29 heavy (non-hydrogen) atoms. The molecule has 1 saturated carbocycles. The van der Waals surface area contributed by atoms with Gasteiger partial charge in [0.1, 0.15) is 11.5 Å². The lowest BCUT2D eigenvalue weighted by molar-refractivity contribution is -0.131. The molecular formula is C21H27N3O4S. The molecule has 1 saturated heterocycles. The monoisotopic (exact) mass is 417 g/mol. The summed E-state index contributed by atoms with van der Waals surface area (Å²) in [4.78, 5) is 14.7. The highest BCUT2D eigenvalue weighted by Crippen LogP contribution is 2.36. The molecule has 4 rings (SSSR count). The first-order valence-corrected chi connectivity index (χ1v) is 11.1. The Morgan fingerprint density at radius 1 is 1.10 bits per heavy atom. The third-order valence-corrected chi connectivity index (χ3v) is 6.77. The van der Waals surface area contributed by atoms with E-state index in [2.05, 4.69) is 10.2 Å². The molecule has 1 amide bonds. The maximum absolute atomic E-state index is 12.7. The average Bonchev–Trinajstić information content (AvgIpc) is 3.26. The van der Waals surface area contributed by atoms with Crippen molar-refractivity contribution in [2.75, 3.05) is 33.1 Å². The number of fused-ring (bicyclic) bond motifs is 1. The Morgan fingerprint density at radius 2 is 1.83 bits per heavy atom. The Morgan fingerprint density at radius 3 is 2.55 bits per heavy atom. The largest absolute Gasteiger partial charge is 0.497 e. The number of nitrogens with zero attached hydrogens (tertiary/aromatic N) is 3. The van der Waals surface area contributed by atoms with Crippen molar-refractivity contribution in [1.82, 2.24) is 15.1 Å². The van der Waals surface area contributed by atoms with Crippen LogP contribution >= 0.6 is 11.8 Å². The quantitative estimate of drug-likeness (QED) is 0.660. The molecule has 0 radical (unpaired) electrons. The molecule has 0 spiro atoms. The highest BCUT2D eigenvalue weighted by molar-refractivity contribution is 7.99. The van der Waals surface area contributed by atoms with Crippen molar-refractivity contribution in [1.29, 1.82) is 0 Å². The third-order valence-electron chi connectivity index (χ3n) is 5.97. The minimum absolute atomic E-state index is 0.154. The molecule has 1 aliphatic carbocycles. The number of carbonyl (C=O) groups excluding carboxylic acids is 1. The van der Waals surface area contributed by atoms with Crippen LogP contribution in [0.25, 0.3) is 11.5 Å². The van der Waals surface area contributed by atoms with E-state index in [-0.39, 0.29) is 5.91 Å². The summed E-state index contributed by atoms with van der Waals surface area (Å²) in [6.07, 6.45) is 6.39. The van der Waals surface area contributed by atoms with Crippen molar-refractivity contribution in [3.05, 3.63) is 18.2 Å². The van der Waals surface area contributed by atoms with Crippen LogP contribution in [0.1, 0.15) is 32.1 Å². The SMILES string of the molecule is COc1cc(OC)cc(-c2nnc(SCC(=O)N3CC[C@@H]4CCCC[C@@H]4C3)o2)c1. The zero-order valence-electron chi connectivity index (χ0n) is 16.9. The number of rotatable bonds is 6. The van der Waals surface area contributed by atoms with Gasteiger partial charge in [0.25, 0.3) is 5.22 Å². The highest BCUT2D eigenvalue weighted by Gasteiger charge is 2.32. The summed E-state index contributed by atoms with van der Waals surface area (Å²) in [5, 5.41) is 8.58. The van der Waals surface area contributed by atoms with Crippen LogP contribution in [-0.2, 0) is 4.79 Å². The van der Waals surface area contributed by atoms with Crippen LogP contribution < -0.4 is 9.47 Å². The summed E-state index contributed by atoms with van der Waals surface area (Å²) >= 11 is 1.29. The maximum atomic E-state index is 12.7. The number of hydrogen-bond donors (Lipinski definition) is 0. The van der Waals surface area contributed by atoms with E-state index in [0.29, 0.717) is 39.8 Å². The van der Waals surface area contributed by atoms with Gasteiger partial charge >= 0.3 is 0 Å². The van der Waals surface area contributed by atoms with E-state index < -0.39 is 0 Å². The number of methoxy groups -OCH3 is 2. The van der Waals surface area contributed by atoms with E-state index in [0.717, 1.165) is 25.4 Å². The summed E-state index contributed by atoms with van der Waals surface area (Å²) in [5.41, 5.74) is 0.714. The van der Waals surface area contributed by atoms with Crippen LogP contribution in [0.4, 0.5) is 0 Å². The second kappa shape index (κ2) is 9.07. The number of piperidine rings is 1. The van der Waals surface area contributed by atoms with Gasteiger partial charge in [-0.15, -0.1) is 10.2 Å². The smallest absolute Gasteiger partial charge is 0.277 e. The molecule has 2 fully saturated rings. The zero-order chi connectivity index (χ0) is 20.2. The standard InChI is InChI=1S/C21H27N3O4S/c1-26-17-9-16(10-18(11-17)27-2)20-22-23-21(28-20)29-13-19(25)24-8-7-14-5-3-4-6-15(14)12-24/h9-11,14-15H,3-8,12-13H2,1-2H3/t14-,15+/m0/s1. The molecule has 2 heterocycles. The predicted molar refractivity (Wildman–Crippen MR) is 110 cm³/mol. The normalized spacial score (nSPS) is 21.5. The van der Waals surface area contributed by atoms with E-state index >= 15 is 0 Å². The molecule has 8 heteroatoms. The van der Waals surface area contributed by atoms with Gasteiger partial charge in [-0.05, 0) is 36.8 Å². The number of benzene rings is 1. The molecule has 0 unspecified atom stereocenters. The van der Waals surface area contributed by atoms with Crippen molar-refractivity contribution < 1.29 is 18.7 Å². The Balaban J connectivity index is 1.35. The lowest BCUT2D eigenvalue weighted by Crippen LogP contribution is -2.45. The Bertz CT molecular complexity index is 834. The fraction of sp³-hybridized carbons (Fsp3) is 0.571. The number of carbonyl (C=O) groups is 1. The molecule has 156 valence electrons. The first-order chi connectivity index (χ1) is 14.2. The fourth-order valence-corrected chi connectivity index (χ4v) is 5.02. The topological polar surface area (TPSA) is 77.7 Å². The number of amides is 1. The minimum Gasteiger partial charge on any atom is -0.497 e. The van der Waals surface area contributed by atoms with Crippen molar-refractivity contribution >= 4 is 17.7 Å². The summed E-state index contributed by atoms with van der Waals surface area (Å²) in [6, 6.07) is 5.40. The van der Waals surface area contributed by atoms with Crippen LogP contribution in [0, 0.1) is 11.8 Å². The Kier molecular flexibility index (Phi) is 6.28. The molecule has 1 aliphatic heterocycles. The molecule has 7 nitrogen and oxygen atoms in total. The van der Waals surface area contributed by atoms with Gasteiger partial charge < -0.3 is 18.8 Å². The second-order valence-corrected chi connectivity index (χ2v) is 8.62. The third kappa shape index (κ3) is 4.69. The van der Waals surface area contributed by atoms with Crippen molar-refractivity contribution in [2.24, 2.45) is 11.8 Å². The fourth-order valence-electron chi connectivity index (χ4n) is 4.36. The van der Waals surface area contributed by atoms with Gasteiger partial charge in [0, 0.05) is 24.7 Å². The zero-order valence-corrected chi connectivity index (χ0v) is 17.7. The van der Waals surface area contributed by atoms with Crippen LogP contribution in [0.5, 0.6) is 11.5 Å². The molecular weight excluding hydrogens is 390 g/mol. The molecule has 2 aromatic rings. The van der Waals surface area contributed by atoms with Gasteiger partial charge in [-0.25, -0.2) is 0 Å². The second-order valence-electron chi connectivity index (χ2n) is 7.70. The average molecular weight is 418 g/mol. The van der Waals surface area contributed by atoms with Gasteiger partial charge in [-0.1, -0.05) is 31.0 Å². The highest BCUT2D eigenvalue weighted by atomic mass is 32.2. The first-order valence-electron chi connectivity index (χ1n) is 10.1. The van der Waals surface area contributed by atoms with Crippen LogP contribution in [0.2, 0.25) is 0 Å². The van der Waals surface area contributed by atoms with Crippen LogP contribution in [0.3, 0.4) is 0 Å². The van der Waals surface area contributed by atoms with E-state index in [1.165, 1.54) is 37.4 Å². The molecule has 0 bridgehead atoms. The van der Waals surface area contributed by atoms with E-state index in [9.17, 15) is 4.79 Å². The predicted octanol–water partition coefficient (Wildman–Crippen LogP) is 3.88.